The van der Waals surface area contributed by atoms with Gasteiger partial charge in [-0.3, -0.25) is 0 Å². The van der Waals surface area contributed by atoms with E-state index in [4.69, 9.17) is 0 Å². The molecule has 2 aromatic rings. The molecule has 3 rings (SSSR count). The van der Waals surface area contributed by atoms with E-state index < -0.39 is 0 Å². The molecule has 0 amide bonds. The second-order valence-corrected chi connectivity index (χ2v) is 5.44. The van der Waals surface area contributed by atoms with Crippen molar-refractivity contribution in [1.29, 1.82) is 0 Å². The maximum absolute atomic E-state index is 13.4. The van der Waals surface area contributed by atoms with E-state index in [0.717, 1.165) is 22.4 Å². The summed E-state index contributed by atoms with van der Waals surface area (Å²) >= 11 is 0. The smallest absolute Gasteiger partial charge is 0.125 e. The van der Waals surface area contributed by atoms with Crippen molar-refractivity contribution in [2.24, 2.45) is 0 Å². The molecule has 0 unspecified atom stereocenters. The molecular weight excluding hydrogens is 215 g/mol. The standard InChI is InChI=1S/C14H17FN2/c1-9-7-11(15)8-12-13(9)17(10(2)16-12)14(3)5-4-6-14/h7-8H,4-6H2,1-3H3. The molecule has 0 bridgehead atoms. The molecule has 90 valence electrons. The van der Waals surface area contributed by atoms with Crippen LogP contribution in [0, 0.1) is 19.7 Å². The van der Waals surface area contributed by atoms with Crippen LogP contribution in [-0.2, 0) is 5.54 Å². The Hall–Kier alpha value is -1.38. The molecule has 17 heavy (non-hydrogen) atoms. The first kappa shape index (κ1) is 10.8. The van der Waals surface area contributed by atoms with Crippen LogP contribution < -0.4 is 0 Å². The van der Waals surface area contributed by atoms with Crippen LogP contribution >= 0.6 is 0 Å². The minimum Gasteiger partial charge on any atom is -0.322 e. The number of hydrogen-bond acceptors (Lipinski definition) is 1. The largest absolute Gasteiger partial charge is 0.322 e. The molecule has 1 heterocycles. The lowest BCUT2D eigenvalue weighted by Crippen LogP contribution is -2.38. The Labute approximate surface area is 100 Å². The molecule has 1 saturated carbocycles. The fourth-order valence-corrected chi connectivity index (χ4v) is 3.05. The summed E-state index contributed by atoms with van der Waals surface area (Å²) in [7, 11) is 0. The van der Waals surface area contributed by atoms with Crippen LogP contribution in [-0.4, -0.2) is 9.55 Å². The van der Waals surface area contributed by atoms with Crippen LogP contribution in [0.25, 0.3) is 11.0 Å². The average Bonchev–Trinajstić information content (AvgIpc) is 2.51. The Kier molecular flexibility index (Phi) is 2.09. The van der Waals surface area contributed by atoms with Crippen molar-refractivity contribution in [3.8, 4) is 0 Å². The molecule has 0 atom stereocenters. The normalized spacial score (nSPS) is 18.4. The lowest BCUT2D eigenvalue weighted by Gasteiger charge is -2.41. The van der Waals surface area contributed by atoms with E-state index >= 15 is 0 Å². The predicted octanol–water partition coefficient (Wildman–Crippen LogP) is 3.69. The Bertz CT molecular complexity index is 594. The second kappa shape index (κ2) is 3.31. The van der Waals surface area contributed by atoms with Gasteiger partial charge in [-0.15, -0.1) is 0 Å². The zero-order chi connectivity index (χ0) is 12.2. The van der Waals surface area contributed by atoms with Gasteiger partial charge in [0.25, 0.3) is 0 Å². The molecule has 0 aliphatic heterocycles. The molecule has 2 nitrogen and oxygen atoms in total. The van der Waals surface area contributed by atoms with Crippen LogP contribution in [0.3, 0.4) is 0 Å². The van der Waals surface area contributed by atoms with Crippen LogP contribution in [0.5, 0.6) is 0 Å². The summed E-state index contributed by atoms with van der Waals surface area (Å²) in [6.45, 7) is 6.25. The topological polar surface area (TPSA) is 17.8 Å². The molecule has 3 heteroatoms. The molecule has 1 fully saturated rings. The molecule has 0 spiro atoms. The van der Waals surface area contributed by atoms with Gasteiger partial charge in [0.2, 0.25) is 0 Å². The van der Waals surface area contributed by atoms with Crippen LogP contribution in [0.4, 0.5) is 4.39 Å². The summed E-state index contributed by atoms with van der Waals surface area (Å²) < 4.78 is 15.7. The number of benzene rings is 1. The number of nitrogens with zero attached hydrogens (tertiary/aromatic N) is 2. The zero-order valence-electron chi connectivity index (χ0n) is 10.5. The number of aromatic nitrogens is 2. The molecule has 0 saturated heterocycles. The Morgan fingerprint density at radius 2 is 2.00 bits per heavy atom. The van der Waals surface area contributed by atoms with Gasteiger partial charge in [0.15, 0.2) is 0 Å². The molecule has 1 aromatic heterocycles. The summed E-state index contributed by atoms with van der Waals surface area (Å²) in [5.74, 6) is 0.800. The third-order valence-corrected chi connectivity index (χ3v) is 4.05. The maximum atomic E-state index is 13.4. The highest BCUT2D eigenvalue weighted by Crippen LogP contribution is 2.42. The van der Waals surface area contributed by atoms with Crippen LogP contribution in [0.1, 0.15) is 37.6 Å². The monoisotopic (exact) mass is 232 g/mol. The Morgan fingerprint density at radius 1 is 1.29 bits per heavy atom. The van der Waals surface area contributed by atoms with E-state index in [2.05, 4.69) is 16.5 Å². The first-order valence-electron chi connectivity index (χ1n) is 6.17. The number of halogens is 1. The molecule has 1 aliphatic carbocycles. The van der Waals surface area contributed by atoms with Gasteiger partial charge in [-0.2, -0.15) is 0 Å². The SMILES string of the molecule is Cc1cc(F)cc2nc(C)n(C3(C)CCC3)c12. The van der Waals surface area contributed by atoms with Gasteiger partial charge in [-0.25, -0.2) is 9.37 Å². The Morgan fingerprint density at radius 3 is 2.59 bits per heavy atom. The minimum atomic E-state index is -0.196. The third-order valence-electron chi connectivity index (χ3n) is 4.05. The quantitative estimate of drug-likeness (QED) is 0.733. The predicted molar refractivity (Wildman–Crippen MR) is 66.7 cm³/mol. The lowest BCUT2D eigenvalue weighted by atomic mass is 9.78. The van der Waals surface area contributed by atoms with Crippen molar-refractivity contribution >= 4 is 11.0 Å². The average molecular weight is 232 g/mol. The highest BCUT2D eigenvalue weighted by molar-refractivity contribution is 5.80. The van der Waals surface area contributed by atoms with Gasteiger partial charge < -0.3 is 4.57 Å². The van der Waals surface area contributed by atoms with Gasteiger partial charge in [-0.05, 0) is 51.7 Å². The van der Waals surface area contributed by atoms with Crippen molar-refractivity contribution in [2.45, 2.75) is 45.6 Å². The lowest BCUT2D eigenvalue weighted by molar-refractivity contribution is 0.171. The number of rotatable bonds is 1. The van der Waals surface area contributed by atoms with Crippen molar-refractivity contribution < 1.29 is 4.39 Å². The second-order valence-electron chi connectivity index (χ2n) is 5.44. The Balaban J connectivity index is 2.34. The van der Waals surface area contributed by atoms with Crippen LogP contribution in [0.2, 0.25) is 0 Å². The number of imidazole rings is 1. The van der Waals surface area contributed by atoms with E-state index in [9.17, 15) is 4.39 Å². The van der Waals surface area contributed by atoms with Crippen LogP contribution in [0.15, 0.2) is 12.1 Å². The minimum absolute atomic E-state index is 0.182. The molecule has 1 aliphatic rings. The van der Waals surface area contributed by atoms with E-state index in [0.29, 0.717) is 0 Å². The molecule has 1 aromatic carbocycles. The fraction of sp³-hybridized carbons (Fsp3) is 0.500. The van der Waals surface area contributed by atoms with E-state index in [1.54, 1.807) is 6.07 Å². The third kappa shape index (κ3) is 1.41. The molecular formula is C14H17FN2. The van der Waals surface area contributed by atoms with Gasteiger partial charge >= 0.3 is 0 Å². The van der Waals surface area contributed by atoms with E-state index in [1.165, 1.54) is 25.3 Å². The van der Waals surface area contributed by atoms with Gasteiger partial charge in [0.05, 0.1) is 11.0 Å². The van der Waals surface area contributed by atoms with E-state index in [1.807, 2.05) is 13.8 Å². The van der Waals surface area contributed by atoms with Crippen molar-refractivity contribution in [2.75, 3.05) is 0 Å². The van der Waals surface area contributed by atoms with Gasteiger partial charge in [0, 0.05) is 11.6 Å². The molecule has 0 N–H and O–H groups in total. The zero-order valence-corrected chi connectivity index (χ0v) is 10.5. The van der Waals surface area contributed by atoms with Crippen molar-refractivity contribution in [3.63, 3.8) is 0 Å². The number of hydrogen-bond donors (Lipinski definition) is 0. The highest BCUT2D eigenvalue weighted by Gasteiger charge is 2.36. The van der Waals surface area contributed by atoms with Gasteiger partial charge in [-0.1, -0.05) is 0 Å². The molecule has 0 radical (unpaired) electrons. The summed E-state index contributed by atoms with van der Waals surface area (Å²) in [5.41, 5.74) is 3.05. The summed E-state index contributed by atoms with van der Waals surface area (Å²) in [6, 6.07) is 3.13. The van der Waals surface area contributed by atoms with Crippen molar-refractivity contribution in [3.05, 3.63) is 29.3 Å². The summed E-state index contributed by atoms with van der Waals surface area (Å²) in [6.07, 6.45) is 3.65. The summed E-state index contributed by atoms with van der Waals surface area (Å²) in [4.78, 5) is 4.51. The summed E-state index contributed by atoms with van der Waals surface area (Å²) in [5, 5.41) is 0. The van der Waals surface area contributed by atoms with Gasteiger partial charge in [0.1, 0.15) is 11.6 Å². The van der Waals surface area contributed by atoms with E-state index in [-0.39, 0.29) is 11.4 Å². The first-order valence-corrected chi connectivity index (χ1v) is 6.17. The highest BCUT2D eigenvalue weighted by atomic mass is 19.1. The van der Waals surface area contributed by atoms with Crippen molar-refractivity contribution in [1.82, 2.24) is 9.55 Å². The number of aryl methyl sites for hydroxylation is 2. The number of fused-ring (bicyclic) bond motifs is 1. The first-order chi connectivity index (χ1) is 8.01. The maximum Gasteiger partial charge on any atom is 0.125 e. The fourth-order valence-electron chi connectivity index (χ4n) is 3.05.